The second-order valence-corrected chi connectivity index (χ2v) is 5.91. The SMILES string of the molecule is COc1ccc(C(N)Cc2cc(Br)ccc2OC)cc1C. The van der Waals surface area contributed by atoms with Crippen LogP contribution >= 0.6 is 15.9 Å². The van der Waals surface area contributed by atoms with Gasteiger partial charge in [0.05, 0.1) is 14.2 Å². The minimum atomic E-state index is -0.0854. The number of methoxy groups -OCH3 is 2. The van der Waals surface area contributed by atoms with Gasteiger partial charge >= 0.3 is 0 Å². The molecular weight excluding hydrogens is 330 g/mol. The molecule has 0 bridgehead atoms. The van der Waals surface area contributed by atoms with Gasteiger partial charge in [-0.15, -0.1) is 0 Å². The molecule has 0 spiro atoms. The molecule has 0 saturated carbocycles. The molecule has 4 heteroatoms. The quantitative estimate of drug-likeness (QED) is 0.886. The highest BCUT2D eigenvalue weighted by molar-refractivity contribution is 9.10. The van der Waals surface area contributed by atoms with Crippen LogP contribution in [-0.2, 0) is 6.42 Å². The van der Waals surface area contributed by atoms with Crippen LogP contribution in [0, 0.1) is 6.92 Å². The molecule has 2 rings (SSSR count). The van der Waals surface area contributed by atoms with Gasteiger partial charge in [-0.3, -0.25) is 0 Å². The van der Waals surface area contributed by atoms with E-state index in [1.807, 2.05) is 31.2 Å². The summed E-state index contributed by atoms with van der Waals surface area (Å²) in [6.45, 7) is 2.02. The molecule has 0 aliphatic heterocycles. The van der Waals surface area contributed by atoms with Gasteiger partial charge in [-0.1, -0.05) is 28.1 Å². The van der Waals surface area contributed by atoms with Gasteiger partial charge in [-0.05, 0) is 54.3 Å². The molecule has 2 aromatic carbocycles. The van der Waals surface area contributed by atoms with Crippen LogP contribution in [0.25, 0.3) is 0 Å². The Morgan fingerprint density at radius 2 is 1.71 bits per heavy atom. The van der Waals surface area contributed by atoms with Gasteiger partial charge in [0, 0.05) is 10.5 Å². The molecule has 0 amide bonds. The van der Waals surface area contributed by atoms with Crippen LogP contribution < -0.4 is 15.2 Å². The third kappa shape index (κ3) is 3.77. The summed E-state index contributed by atoms with van der Waals surface area (Å²) < 4.78 is 11.7. The minimum Gasteiger partial charge on any atom is -0.496 e. The third-order valence-corrected chi connectivity index (χ3v) is 4.02. The van der Waals surface area contributed by atoms with Crippen molar-refractivity contribution in [3.05, 3.63) is 57.6 Å². The van der Waals surface area contributed by atoms with Crippen molar-refractivity contribution in [1.29, 1.82) is 0 Å². The summed E-state index contributed by atoms with van der Waals surface area (Å²) in [5.41, 5.74) is 9.62. The molecule has 2 N–H and O–H groups in total. The Kier molecular flexibility index (Phi) is 5.26. The fourth-order valence-corrected chi connectivity index (χ4v) is 2.80. The van der Waals surface area contributed by atoms with Crippen LogP contribution in [0.4, 0.5) is 0 Å². The first-order valence-electron chi connectivity index (χ1n) is 6.77. The van der Waals surface area contributed by atoms with Crippen LogP contribution in [0.2, 0.25) is 0 Å². The Morgan fingerprint density at radius 1 is 1.05 bits per heavy atom. The van der Waals surface area contributed by atoms with Gasteiger partial charge in [0.2, 0.25) is 0 Å². The lowest BCUT2D eigenvalue weighted by Gasteiger charge is -2.16. The zero-order valence-electron chi connectivity index (χ0n) is 12.5. The van der Waals surface area contributed by atoms with E-state index in [-0.39, 0.29) is 6.04 Å². The summed E-state index contributed by atoms with van der Waals surface area (Å²) in [5.74, 6) is 1.74. The molecule has 3 nitrogen and oxygen atoms in total. The molecule has 0 aromatic heterocycles. The van der Waals surface area contributed by atoms with Gasteiger partial charge in [0.15, 0.2) is 0 Å². The number of benzene rings is 2. The maximum Gasteiger partial charge on any atom is 0.122 e. The fraction of sp³-hybridized carbons (Fsp3) is 0.294. The first-order valence-corrected chi connectivity index (χ1v) is 7.57. The van der Waals surface area contributed by atoms with Crippen LogP contribution in [0.1, 0.15) is 22.7 Å². The van der Waals surface area contributed by atoms with Gasteiger partial charge in [0.25, 0.3) is 0 Å². The van der Waals surface area contributed by atoms with Gasteiger partial charge < -0.3 is 15.2 Å². The average Bonchev–Trinajstić information content (AvgIpc) is 2.47. The number of hydrogen-bond acceptors (Lipinski definition) is 3. The Hall–Kier alpha value is -1.52. The van der Waals surface area contributed by atoms with E-state index in [9.17, 15) is 0 Å². The normalized spacial score (nSPS) is 12.0. The maximum atomic E-state index is 6.35. The summed E-state index contributed by atoms with van der Waals surface area (Å²) in [6, 6.07) is 11.9. The highest BCUT2D eigenvalue weighted by atomic mass is 79.9. The van der Waals surface area contributed by atoms with Crippen molar-refractivity contribution in [1.82, 2.24) is 0 Å². The summed E-state index contributed by atoms with van der Waals surface area (Å²) in [7, 11) is 3.35. The summed E-state index contributed by atoms with van der Waals surface area (Å²) in [6.07, 6.45) is 0.717. The van der Waals surface area contributed by atoms with E-state index in [1.165, 1.54) is 0 Å². The largest absolute Gasteiger partial charge is 0.496 e. The lowest BCUT2D eigenvalue weighted by Crippen LogP contribution is -2.14. The van der Waals surface area contributed by atoms with Crippen molar-refractivity contribution < 1.29 is 9.47 Å². The summed E-state index contributed by atoms with van der Waals surface area (Å²) in [5, 5.41) is 0. The lowest BCUT2D eigenvalue weighted by atomic mass is 9.97. The molecule has 112 valence electrons. The number of halogens is 1. The number of hydrogen-bond donors (Lipinski definition) is 1. The van der Waals surface area contributed by atoms with Crippen molar-refractivity contribution >= 4 is 15.9 Å². The number of nitrogens with two attached hydrogens (primary N) is 1. The summed E-state index contributed by atoms with van der Waals surface area (Å²) in [4.78, 5) is 0. The van der Waals surface area contributed by atoms with Crippen molar-refractivity contribution in [2.45, 2.75) is 19.4 Å². The lowest BCUT2D eigenvalue weighted by molar-refractivity contribution is 0.407. The van der Waals surface area contributed by atoms with Crippen LogP contribution in [0.5, 0.6) is 11.5 Å². The fourth-order valence-electron chi connectivity index (χ4n) is 2.39. The predicted octanol–water partition coefficient (Wildman–Crippen LogP) is 4.02. The number of aryl methyl sites for hydroxylation is 1. The van der Waals surface area contributed by atoms with E-state index in [0.717, 1.165) is 32.7 Å². The van der Waals surface area contributed by atoms with Gasteiger partial charge in [-0.2, -0.15) is 0 Å². The zero-order chi connectivity index (χ0) is 15.4. The van der Waals surface area contributed by atoms with Gasteiger partial charge in [-0.25, -0.2) is 0 Å². The van der Waals surface area contributed by atoms with E-state index in [4.69, 9.17) is 15.2 Å². The molecule has 0 fully saturated rings. The van der Waals surface area contributed by atoms with E-state index in [2.05, 4.69) is 28.1 Å². The molecule has 0 radical (unpaired) electrons. The molecule has 0 heterocycles. The minimum absolute atomic E-state index is 0.0854. The van der Waals surface area contributed by atoms with Crippen LogP contribution in [0.15, 0.2) is 40.9 Å². The molecule has 0 aliphatic rings. The summed E-state index contributed by atoms with van der Waals surface area (Å²) >= 11 is 3.49. The van der Waals surface area contributed by atoms with Crippen LogP contribution in [-0.4, -0.2) is 14.2 Å². The van der Waals surface area contributed by atoms with Crippen LogP contribution in [0.3, 0.4) is 0 Å². The second kappa shape index (κ2) is 6.96. The highest BCUT2D eigenvalue weighted by Gasteiger charge is 2.12. The van der Waals surface area contributed by atoms with Crippen molar-refractivity contribution in [2.24, 2.45) is 5.73 Å². The smallest absolute Gasteiger partial charge is 0.122 e. The Labute approximate surface area is 134 Å². The maximum absolute atomic E-state index is 6.35. The van der Waals surface area contributed by atoms with E-state index in [1.54, 1.807) is 14.2 Å². The molecule has 0 saturated heterocycles. The Bertz CT molecular complexity index is 628. The predicted molar refractivity (Wildman–Crippen MR) is 89.1 cm³/mol. The zero-order valence-corrected chi connectivity index (χ0v) is 14.1. The van der Waals surface area contributed by atoms with Crippen molar-refractivity contribution in [3.8, 4) is 11.5 Å². The average molecular weight is 350 g/mol. The van der Waals surface area contributed by atoms with Crippen molar-refractivity contribution in [2.75, 3.05) is 14.2 Å². The van der Waals surface area contributed by atoms with Crippen molar-refractivity contribution in [3.63, 3.8) is 0 Å². The van der Waals surface area contributed by atoms with E-state index < -0.39 is 0 Å². The topological polar surface area (TPSA) is 44.5 Å². The molecule has 1 unspecified atom stereocenters. The molecule has 21 heavy (non-hydrogen) atoms. The highest BCUT2D eigenvalue weighted by Crippen LogP contribution is 2.28. The first-order chi connectivity index (χ1) is 10.0. The molecule has 1 atom stereocenters. The molecule has 0 aliphatic carbocycles. The third-order valence-electron chi connectivity index (χ3n) is 3.53. The molecule has 2 aromatic rings. The number of ether oxygens (including phenoxy) is 2. The monoisotopic (exact) mass is 349 g/mol. The number of rotatable bonds is 5. The van der Waals surface area contributed by atoms with E-state index in [0.29, 0.717) is 6.42 Å². The molecular formula is C17H20BrNO2. The van der Waals surface area contributed by atoms with Gasteiger partial charge in [0.1, 0.15) is 11.5 Å². The standard InChI is InChI=1S/C17H20BrNO2/c1-11-8-12(4-6-16(11)20-2)15(19)10-13-9-14(18)5-7-17(13)21-3/h4-9,15H,10,19H2,1-3H3. The first kappa shape index (κ1) is 15.9. The Morgan fingerprint density at radius 3 is 2.33 bits per heavy atom. The second-order valence-electron chi connectivity index (χ2n) is 5.00. The Balaban J connectivity index is 2.23. The van der Waals surface area contributed by atoms with E-state index >= 15 is 0 Å².